The molecule has 4 aliphatic rings. The number of pyridine rings is 1. The molecule has 4 aliphatic heterocycles. The van der Waals surface area contributed by atoms with Crippen molar-refractivity contribution in [2.75, 3.05) is 13.4 Å². The Kier molecular flexibility index (Phi) is 24.9. The van der Waals surface area contributed by atoms with Crippen LogP contribution in [0.4, 0.5) is 0 Å². The number of hydrogen-bond donors (Lipinski definition) is 1. The van der Waals surface area contributed by atoms with Crippen LogP contribution in [0.2, 0.25) is 0 Å². The number of carbonyl (C=O) groups excluding carboxylic acids is 3. The molecule has 0 aliphatic carbocycles. The second kappa shape index (κ2) is 28.3. The molecular formula is C50H71NO9. The number of hydrogen-bond acceptors (Lipinski definition) is 10. The number of carbonyl (C=O) groups is 3. The average Bonchev–Trinajstić information content (AvgIpc) is 3.89. The summed E-state index contributed by atoms with van der Waals surface area (Å²) in [4.78, 5) is 37.3. The minimum absolute atomic E-state index is 0.0207. The van der Waals surface area contributed by atoms with Crippen molar-refractivity contribution < 1.29 is 43.2 Å². The van der Waals surface area contributed by atoms with Crippen molar-refractivity contribution in [2.45, 2.75) is 122 Å². The molecule has 0 bridgehead atoms. The van der Waals surface area contributed by atoms with Crippen LogP contribution in [0.15, 0.2) is 85.1 Å². The van der Waals surface area contributed by atoms with Crippen molar-refractivity contribution in [3.05, 3.63) is 124 Å². The van der Waals surface area contributed by atoms with E-state index in [4.69, 9.17) is 28.8 Å². The first-order valence-electron chi connectivity index (χ1n) is 20.9. The number of esters is 3. The lowest BCUT2D eigenvalue weighted by molar-refractivity contribution is 0.0234. The Morgan fingerprint density at radius 3 is 1.72 bits per heavy atom. The van der Waals surface area contributed by atoms with Crippen molar-refractivity contribution in [2.24, 2.45) is 23.7 Å². The van der Waals surface area contributed by atoms with Crippen LogP contribution in [0.25, 0.3) is 0 Å². The Bertz CT molecular complexity index is 1800. The molecule has 10 heteroatoms. The molecule has 0 saturated carbocycles. The van der Waals surface area contributed by atoms with Crippen molar-refractivity contribution >= 4 is 17.9 Å². The number of aliphatic hydroxyl groups is 1. The van der Waals surface area contributed by atoms with Gasteiger partial charge >= 0.3 is 17.9 Å². The van der Waals surface area contributed by atoms with Gasteiger partial charge in [-0.25, -0.2) is 19.4 Å². The number of aryl methyl sites for hydroxylation is 1. The Labute approximate surface area is 360 Å². The summed E-state index contributed by atoms with van der Waals surface area (Å²) in [5.74, 6) is 3.94. The lowest BCUT2D eigenvalue weighted by atomic mass is 10.00. The van der Waals surface area contributed by atoms with Crippen LogP contribution < -0.4 is 9.47 Å². The normalized spacial score (nSPS) is 15.5. The van der Waals surface area contributed by atoms with Gasteiger partial charge in [-0.3, -0.25) is 0 Å². The van der Waals surface area contributed by atoms with E-state index in [0.717, 1.165) is 69.2 Å². The molecule has 1 aromatic heterocycles. The van der Waals surface area contributed by atoms with Crippen molar-refractivity contribution in [1.29, 1.82) is 0 Å². The first-order valence-corrected chi connectivity index (χ1v) is 20.9. The quantitative estimate of drug-likeness (QED) is 0.146. The fourth-order valence-electron chi connectivity index (χ4n) is 4.89. The molecule has 330 valence electrons. The Hall–Kier alpha value is -5.22. The second-order valence-corrected chi connectivity index (χ2v) is 17.1. The van der Waals surface area contributed by atoms with Gasteiger partial charge in [0.2, 0.25) is 6.79 Å². The molecule has 8 rings (SSSR count). The van der Waals surface area contributed by atoms with Gasteiger partial charge in [-0.1, -0.05) is 132 Å². The van der Waals surface area contributed by atoms with E-state index in [1.54, 1.807) is 30.5 Å². The number of aromatic nitrogens is 1. The van der Waals surface area contributed by atoms with Crippen molar-refractivity contribution in [1.82, 2.24) is 4.98 Å². The van der Waals surface area contributed by atoms with Gasteiger partial charge in [0.25, 0.3) is 5.88 Å². The second-order valence-electron chi connectivity index (χ2n) is 17.1. The summed E-state index contributed by atoms with van der Waals surface area (Å²) in [5, 5.41) is 8.85. The highest BCUT2D eigenvalue weighted by molar-refractivity contribution is 5.94. The molecule has 1 N–H and O–H groups in total. The summed E-state index contributed by atoms with van der Waals surface area (Å²) in [6.45, 7) is 30.5. The monoisotopic (exact) mass is 830 g/mol. The predicted molar refractivity (Wildman–Crippen MR) is 239 cm³/mol. The molecule has 3 aromatic carbocycles. The van der Waals surface area contributed by atoms with Gasteiger partial charge < -0.3 is 28.8 Å². The van der Waals surface area contributed by atoms with E-state index in [-0.39, 0.29) is 30.6 Å². The van der Waals surface area contributed by atoms with E-state index >= 15 is 0 Å². The number of ether oxygens (including phenoxy) is 5. The minimum atomic E-state index is -0.464. The number of cyclic esters (lactones) is 3. The van der Waals surface area contributed by atoms with Crippen molar-refractivity contribution in [3.63, 3.8) is 0 Å². The first kappa shape index (κ1) is 52.8. The fourth-order valence-corrected chi connectivity index (χ4v) is 4.89. The highest BCUT2D eigenvalue weighted by Crippen LogP contribution is 2.30. The number of rotatable bonds is 1. The molecule has 2 atom stereocenters. The molecule has 2 unspecified atom stereocenters. The molecule has 4 aromatic rings. The highest BCUT2D eigenvalue weighted by atomic mass is 16.7. The van der Waals surface area contributed by atoms with Crippen LogP contribution in [0.5, 0.6) is 11.6 Å². The smallest absolute Gasteiger partial charge is 0.339 e. The van der Waals surface area contributed by atoms with E-state index in [1.807, 2.05) is 68.4 Å². The first-order chi connectivity index (χ1) is 28.3. The Morgan fingerprint density at radius 2 is 1.15 bits per heavy atom. The van der Waals surface area contributed by atoms with Crippen LogP contribution >= 0.6 is 0 Å². The van der Waals surface area contributed by atoms with Gasteiger partial charge in [-0.2, -0.15) is 0 Å². The van der Waals surface area contributed by atoms with Crippen LogP contribution in [0.3, 0.4) is 0 Å². The topological polar surface area (TPSA) is 130 Å². The molecular weight excluding hydrogens is 759 g/mol. The van der Waals surface area contributed by atoms with Gasteiger partial charge in [-0.15, -0.1) is 0 Å². The minimum Gasteiger partial charge on any atom is -0.459 e. The third kappa shape index (κ3) is 20.7. The standard InChI is InChI=1S/C10H10O2.C9H8O3.C9H8O2.C6H5NO2.4C4H10/c1-7-6-8-4-2-3-5-9(8)10(11)12-7;10-5-8-6-3-1-2-4-7(6)9(11)12-8;1-6-3-2-4-7-8(6)5-11-9(7)10;1-2-5-6(7-3-1)9-4-8-5;4*1-4(2)3/h2-5,7H,6H2,1H3;1-4,8,10H,5H2;2-4H,5H2,1H3;1-3H,4H2;4*4H,1-3H3. The summed E-state index contributed by atoms with van der Waals surface area (Å²) in [6.07, 6.45) is 2.07. The fraction of sp³-hybridized carbons (Fsp3) is 0.480. The van der Waals surface area contributed by atoms with Crippen LogP contribution in [0.1, 0.15) is 149 Å². The van der Waals surface area contributed by atoms with E-state index in [1.165, 1.54) is 0 Å². The lowest BCUT2D eigenvalue weighted by Gasteiger charge is -2.20. The number of fused-ring (bicyclic) bond motifs is 4. The number of benzene rings is 3. The highest BCUT2D eigenvalue weighted by Gasteiger charge is 2.29. The Morgan fingerprint density at radius 1 is 0.617 bits per heavy atom. The molecule has 0 amide bonds. The molecule has 10 nitrogen and oxygen atoms in total. The maximum atomic E-state index is 11.3. The van der Waals surface area contributed by atoms with E-state index in [0.29, 0.717) is 24.8 Å². The summed E-state index contributed by atoms with van der Waals surface area (Å²) in [6, 6.07) is 24.0. The summed E-state index contributed by atoms with van der Waals surface area (Å²) < 4.78 is 24.8. The molecule has 0 saturated heterocycles. The zero-order chi connectivity index (χ0) is 45.4. The summed E-state index contributed by atoms with van der Waals surface area (Å²) in [5.41, 5.74) is 6.06. The van der Waals surface area contributed by atoms with E-state index in [9.17, 15) is 14.4 Å². The van der Waals surface area contributed by atoms with Gasteiger partial charge in [0, 0.05) is 23.7 Å². The van der Waals surface area contributed by atoms with Gasteiger partial charge in [-0.05, 0) is 79.0 Å². The molecule has 0 radical (unpaired) electrons. The van der Waals surface area contributed by atoms with Gasteiger partial charge in [0.15, 0.2) is 11.9 Å². The zero-order valence-corrected chi connectivity index (χ0v) is 38.5. The van der Waals surface area contributed by atoms with Crippen LogP contribution in [-0.2, 0) is 27.2 Å². The molecule has 60 heavy (non-hydrogen) atoms. The number of nitrogens with zero attached hydrogens (tertiary/aromatic N) is 1. The number of aliphatic hydroxyl groups excluding tert-OH is 1. The SMILES string of the molecule is CC(C)C.CC(C)C.CC(C)C.CC(C)C.CC1Cc2ccccc2C(=O)O1.Cc1cccc2c1COC2=O.O=C1OC(CO)c2ccccc21.c1cnc2c(c1)OCO2. The third-order valence-electron chi connectivity index (χ3n) is 7.12. The van der Waals surface area contributed by atoms with E-state index in [2.05, 4.69) is 88.1 Å². The maximum Gasteiger partial charge on any atom is 0.339 e. The van der Waals surface area contributed by atoms with Crippen LogP contribution in [0, 0.1) is 30.6 Å². The molecule has 5 heterocycles. The summed E-state index contributed by atoms with van der Waals surface area (Å²) in [7, 11) is 0. The van der Waals surface area contributed by atoms with Gasteiger partial charge in [0.1, 0.15) is 12.7 Å². The molecule has 0 spiro atoms. The van der Waals surface area contributed by atoms with Crippen LogP contribution in [-0.4, -0.2) is 47.5 Å². The average molecular weight is 830 g/mol. The van der Waals surface area contributed by atoms with Gasteiger partial charge in [0.05, 0.1) is 23.3 Å². The zero-order valence-electron chi connectivity index (χ0n) is 38.5. The lowest BCUT2D eigenvalue weighted by Crippen LogP contribution is -2.24. The summed E-state index contributed by atoms with van der Waals surface area (Å²) >= 11 is 0. The van der Waals surface area contributed by atoms with Crippen molar-refractivity contribution in [3.8, 4) is 11.6 Å². The Balaban J connectivity index is 0.000000359. The third-order valence-corrected chi connectivity index (χ3v) is 7.12. The largest absolute Gasteiger partial charge is 0.459 e. The predicted octanol–water partition coefficient (Wildman–Crippen LogP) is 11.8. The maximum absolute atomic E-state index is 11.3. The molecule has 0 fully saturated rings. The van der Waals surface area contributed by atoms with E-state index < -0.39 is 6.10 Å².